The molecule has 1 aromatic heterocycles. The summed E-state index contributed by atoms with van der Waals surface area (Å²) in [5.74, 6) is -0.389. The fraction of sp³-hybridized carbons (Fsp3) is 0.750. The van der Waals surface area contributed by atoms with E-state index in [0.29, 0.717) is 16.4 Å². The van der Waals surface area contributed by atoms with Crippen LogP contribution in [0.3, 0.4) is 0 Å². The first-order valence-corrected chi connectivity index (χ1v) is 7.46. The van der Waals surface area contributed by atoms with Gasteiger partial charge in [0.1, 0.15) is 6.61 Å². The van der Waals surface area contributed by atoms with Crippen molar-refractivity contribution in [3.05, 3.63) is 5.82 Å². The van der Waals surface area contributed by atoms with Crippen molar-refractivity contribution in [2.75, 3.05) is 5.75 Å². The van der Waals surface area contributed by atoms with E-state index in [1.165, 1.54) is 12.8 Å². The average Bonchev–Trinajstić information content (AvgIpc) is 3.01. The minimum absolute atomic E-state index is 0.0374. The molecule has 1 heterocycles. The van der Waals surface area contributed by atoms with Crippen LogP contribution in [0.1, 0.15) is 38.4 Å². The first-order chi connectivity index (χ1) is 9.10. The smallest absolute Gasteiger partial charge is 0.313 e. The van der Waals surface area contributed by atoms with Crippen LogP contribution in [0.5, 0.6) is 0 Å². The molecule has 0 aromatic carbocycles. The van der Waals surface area contributed by atoms with E-state index in [2.05, 4.69) is 17.1 Å². The number of aliphatic hydroxyl groups excluding tert-OH is 1. The van der Waals surface area contributed by atoms with Gasteiger partial charge in [-0.05, 0) is 24.7 Å². The number of rotatable bonds is 8. The summed E-state index contributed by atoms with van der Waals surface area (Å²) in [6, 6.07) is 0. The van der Waals surface area contributed by atoms with Crippen LogP contribution in [-0.2, 0) is 17.9 Å². The molecule has 0 aliphatic heterocycles. The monoisotopic (exact) mass is 285 g/mol. The number of aliphatic hydroxyl groups is 1. The van der Waals surface area contributed by atoms with Gasteiger partial charge in [-0.2, -0.15) is 0 Å². The molecule has 1 fully saturated rings. The van der Waals surface area contributed by atoms with Gasteiger partial charge in [-0.3, -0.25) is 4.79 Å². The third kappa shape index (κ3) is 3.48. The molecule has 0 atom stereocenters. The summed E-state index contributed by atoms with van der Waals surface area (Å²) in [6.45, 7) is 2.79. The summed E-state index contributed by atoms with van der Waals surface area (Å²) in [6.07, 6.45) is 4.66. The van der Waals surface area contributed by atoms with Crippen molar-refractivity contribution < 1.29 is 15.0 Å². The van der Waals surface area contributed by atoms with E-state index >= 15 is 0 Å². The molecule has 1 aliphatic rings. The molecule has 19 heavy (non-hydrogen) atoms. The molecule has 2 rings (SSSR count). The Kier molecular flexibility index (Phi) is 4.46. The zero-order valence-corrected chi connectivity index (χ0v) is 11.8. The van der Waals surface area contributed by atoms with Crippen molar-refractivity contribution in [2.45, 2.75) is 50.9 Å². The Hall–Kier alpha value is -1.08. The summed E-state index contributed by atoms with van der Waals surface area (Å²) < 4.78 is 1.89. The lowest BCUT2D eigenvalue weighted by Gasteiger charge is -2.17. The zero-order valence-electron chi connectivity index (χ0n) is 11.0. The van der Waals surface area contributed by atoms with E-state index in [0.717, 1.165) is 31.1 Å². The van der Waals surface area contributed by atoms with E-state index in [1.54, 1.807) is 0 Å². The van der Waals surface area contributed by atoms with Crippen molar-refractivity contribution in [1.82, 2.24) is 14.8 Å². The quantitative estimate of drug-likeness (QED) is 0.704. The lowest BCUT2D eigenvalue weighted by Crippen LogP contribution is -2.15. The standard InChI is InChI=1S/C12H19N3O3S/c1-2-3-12(4-5-12)8-15-9(6-16)13-14-11(15)19-7-10(17)18/h16H,2-8H2,1H3,(H,17,18). The second-order valence-corrected chi connectivity index (χ2v) is 6.02. The number of nitrogens with zero attached hydrogens (tertiary/aromatic N) is 3. The van der Waals surface area contributed by atoms with Crippen LogP contribution in [0.25, 0.3) is 0 Å². The fourth-order valence-corrected chi connectivity index (χ4v) is 3.03. The van der Waals surface area contributed by atoms with Gasteiger partial charge in [0.05, 0.1) is 5.75 Å². The summed E-state index contributed by atoms with van der Waals surface area (Å²) >= 11 is 1.16. The SMILES string of the molecule is CCCC1(Cn2c(CO)nnc2SCC(=O)O)CC1. The Bertz CT molecular complexity index is 457. The van der Waals surface area contributed by atoms with Gasteiger partial charge in [0.15, 0.2) is 11.0 Å². The highest BCUT2D eigenvalue weighted by Gasteiger charge is 2.42. The van der Waals surface area contributed by atoms with Gasteiger partial charge < -0.3 is 14.8 Å². The van der Waals surface area contributed by atoms with Gasteiger partial charge in [-0.25, -0.2) is 0 Å². The molecule has 1 aliphatic carbocycles. The van der Waals surface area contributed by atoms with Crippen molar-refractivity contribution in [1.29, 1.82) is 0 Å². The molecule has 0 bridgehead atoms. The fourth-order valence-electron chi connectivity index (χ4n) is 2.36. The molecule has 1 aromatic rings. The number of carboxylic acids is 1. The molecule has 0 spiro atoms. The molecule has 6 nitrogen and oxygen atoms in total. The van der Waals surface area contributed by atoms with Gasteiger partial charge in [0.25, 0.3) is 0 Å². The highest BCUT2D eigenvalue weighted by atomic mass is 32.2. The van der Waals surface area contributed by atoms with Gasteiger partial charge in [0, 0.05) is 6.54 Å². The average molecular weight is 285 g/mol. The van der Waals surface area contributed by atoms with E-state index in [4.69, 9.17) is 5.11 Å². The lowest BCUT2D eigenvalue weighted by molar-refractivity contribution is -0.133. The lowest BCUT2D eigenvalue weighted by atomic mass is 10.0. The predicted octanol–water partition coefficient (Wildman–Crippen LogP) is 1.53. The van der Waals surface area contributed by atoms with Gasteiger partial charge in [0.2, 0.25) is 0 Å². The van der Waals surface area contributed by atoms with Crippen LogP contribution >= 0.6 is 11.8 Å². The Morgan fingerprint density at radius 2 is 2.21 bits per heavy atom. The topological polar surface area (TPSA) is 88.2 Å². The van der Waals surface area contributed by atoms with Gasteiger partial charge in [-0.15, -0.1) is 10.2 Å². The maximum absolute atomic E-state index is 10.6. The van der Waals surface area contributed by atoms with Crippen LogP contribution in [0.2, 0.25) is 0 Å². The van der Waals surface area contributed by atoms with E-state index in [-0.39, 0.29) is 12.4 Å². The van der Waals surface area contributed by atoms with Crippen molar-refractivity contribution >= 4 is 17.7 Å². The summed E-state index contributed by atoms with van der Waals surface area (Å²) in [5, 5.41) is 26.5. The van der Waals surface area contributed by atoms with Gasteiger partial charge >= 0.3 is 5.97 Å². The maximum atomic E-state index is 10.6. The molecular formula is C12H19N3O3S. The summed E-state index contributed by atoms with van der Waals surface area (Å²) in [7, 11) is 0. The van der Waals surface area contributed by atoms with Crippen LogP contribution in [0.4, 0.5) is 0 Å². The third-order valence-corrected chi connectivity index (χ3v) is 4.44. The number of thioether (sulfide) groups is 1. The van der Waals surface area contributed by atoms with Crippen LogP contribution in [0, 0.1) is 5.41 Å². The largest absolute Gasteiger partial charge is 0.481 e. The predicted molar refractivity (Wildman–Crippen MR) is 70.9 cm³/mol. The van der Waals surface area contributed by atoms with Crippen LogP contribution < -0.4 is 0 Å². The Balaban J connectivity index is 2.12. The van der Waals surface area contributed by atoms with E-state index in [1.807, 2.05) is 4.57 Å². The molecule has 106 valence electrons. The minimum atomic E-state index is -0.875. The number of aromatic nitrogens is 3. The normalized spacial score (nSPS) is 16.5. The third-order valence-electron chi connectivity index (χ3n) is 3.49. The number of carboxylic acid groups (broad SMARTS) is 1. The second kappa shape index (κ2) is 5.92. The molecule has 7 heteroatoms. The van der Waals surface area contributed by atoms with E-state index in [9.17, 15) is 9.90 Å². The zero-order chi connectivity index (χ0) is 13.9. The highest BCUT2D eigenvalue weighted by Crippen LogP contribution is 2.51. The molecule has 2 N–H and O–H groups in total. The number of hydrogen-bond donors (Lipinski definition) is 2. The first kappa shape index (κ1) is 14.3. The van der Waals surface area contributed by atoms with Crippen molar-refractivity contribution in [2.24, 2.45) is 5.41 Å². The first-order valence-electron chi connectivity index (χ1n) is 6.48. The second-order valence-electron chi connectivity index (χ2n) is 5.08. The van der Waals surface area contributed by atoms with Crippen molar-refractivity contribution in [3.63, 3.8) is 0 Å². The summed E-state index contributed by atoms with van der Waals surface area (Å²) in [5.41, 5.74) is 0.305. The number of carbonyl (C=O) groups is 1. The minimum Gasteiger partial charge on any atom is -0.481 e. The molecule has 0 unspecified atom stereocenters. The number of hydrogen-bond acceptors (Lipinski definition) is 5. The molecule has 0 radical (unpaired) electrons. The highest BCUT2D eigenvalue weighted by molar-refractivity contribution is 7.99. The van der Waals surface area contributed by atoms with E-state index < -0.39 is 5.97 Å². The molecule has 1 saturated carbocycles. The Morgan fingerprint density at radius 1 is 1.47 bits per heavy atom. The summed E-state index contributed by atoms with van der Waals surface area (Å²) in [4.78, 5) is 10.6. The van der Waals surface area contributed by atoms with Crippen molar-refractivity contribution in [3.8, 4) is 0 Å². The molecular weight excluding hydrogens is 266 g/mol. The van der Waals surface area contributed by atoms with Crippen LogP contribution in [-0.4, -0.2) is 36.7 Å². The molecule has 0 amide bonds. The van der Waals surface area contributed by atoms with Crippen LogP contribution in [0.15, 0.2) is 5.16 Å². The maximum Gasteiger partial charge on any atom is 0.313 e. The number of aliphatic carboxylic acids is 1. The Morgan fingerprint density at radius 3 is 2.74 bits per heavy atom. The molecule has 0 saturated heterocycles. The Labute approximate surface area is 116 Å². The van der Waals surface area contributed by atoms with Gasteiger partial charge in [-0.1, -0.05) is 25.1 Å².